The Morgan fingerprint density at radius 2 is 1.84 bits per heavy atom. The van der Waals surface area contributed by atoms with Crippen molar-refractivity contribution in [2.24, 2.45) is 0 Å². The Balaban J connectivity index is 1.47. The largest absolute Gasteiger partial charge is 0.493 e. The van der Waals surface area contributed by atoms with Gasteiger partial charge in [-0.25, -0.2) is 13.2 Å². The topological polar surface area (TPSA) is 146 Å². The SMILES string of the molecule is COc1cc2c(cc1OC)CN(S(=O)(=O)Cc1csc(C(=O)Nc3ccc(C#N)cc3C(=O)O)c1)CC2. The number of carboxylic acid groups (broad SMARTS) is 1. The van der Waals surface area contributed by atoms with Gasteiger partial charge in [0.2, 0.25) is 10.0 Å². The molecule has 1 aromatic heterocycles. The molecule has 0 atom stereocenters. The van der Waals surface area contributed by atoms with Gasteiger partial charge in [-0.1, -0.05) is 0 Å². The monoisotopic (exact) mass is 541 g/mol. The van der Waals surface area contributed by atoms with Gasteiger partial charge in [0.1, 0.15) is 0 Å². The number of anilines is 1. The Bertz CT molecular complexity index is 1520. The molecule has 0 bridgehead atoms. The molecule has 0 spiro atoms. The van der Waals surface area contributed by atoms with Crippen molar-refractivity contribution in [3.8, 4) is 17.6 Å². The number of carbonyl (C=O) groups is 2. The summed E-state index contributed by atoms with van der Waals surface area (Å²) in [6.07, 6.45) is 0.530. The van der Waals surface area contributed by atoms with E-state index in [2.05, 4.69) is 5.32 Å². The number of nitrogens with zero attached hydrogens (tertiary/aromatic N) is 2. The van der Waals surface area contributed by atoms with Gasteiger partial charge in [0.25, 0.3) is 5.91 Å². The molecule has 0 unspecified atom stereocenters. The summed E-state index contributed by atoms with van der Waals surface area (Å²) < 4.78 is 38.4. The minimum Gasteiger partial charge on any atom is -0.493 e. The molecular formula is C25H23N3O7S2. The first-order valence-corrected chi connectivity index (χ1v) is 13.5. The maximum atomic E-state index is 13.2. The molecule has 1 amide bonds. The number of ether oxygens (including phenoxy) is 2. The van der Waals surface area contributed by atoms with Crippen molar-refractivity contribution in [3.63, 3.8) is 0 Å². The van der Waals surface area contributed by atoms with Crippen molar-refractivity contribution in [1.29, 1.82) is 5.26 Å². The number of carboxylic acids is 1. The van der Waals surface area contributed by atoms with Crippen LogP contribution in [-0.4, -0.2) is 50.5 Å². The van der Waals surface area contributed by atoms with Gasteiger partial charge < -0.3 is 19.9 Å². The first-order valence-electron chi connectivity index (χ1n) is 11.0. The van der Waals surface area contributed by atoms with Gasteiger partial charge in [-0.15, -0.1) is 11.3 Å². The Morgan fingerprint density at radius 3 is 2.49 bits per heavy atom. The predicted molar refractivity (Wildman–Crippen MR) is 137 cm³/mol. The number of methoxy groups -OCH3 is 2. The number of hydrogen-bond acceptors (Lipinski definition) is 8. The highest BCUT2D eigenvalue weighted by Gasteiger charge is 2.29. The van der Waals surface area contributed by atoms with Crippen molar-refractivity contribution in [1.82, 2.24) is 4.31 Å². The average Bonchev–Trinajstić information content (AvgIpc) is 3.35. The minimum absolute atomic E-state index is 0.0399. The third-order valence-electron chi connectivity index (χ3n) is 5.93. The Labute approximate surface area is 217 Å². The zero-order valence-electron chi connectivity index (χ0n) is 20.0. The molecule has 0 aliphatic carbocycles. The Hall–Kier alpha value is -3.92. The number of benzene rings is 2. The van der Waals surface area contributed by atoms with E-state index in [1.165, 1.54) is 35.7 Å². The number of carbonyl (C=O) groups excluding carboxylic acids is 1. The summed E-state index contributed by atoms with van der Waals surface area (Å²) in [5.74, 6) is -1.02. The van der Waals surface area contributed by atoms with Crippen molar-refractivity contribution >= 4 is 38.9 Å². The summed E-state index contributed by atoms with van der Waals surface area (Å²) in [4.78, 5) is 24.5. The Morgan fingerprint density at radius 1 is 1.14 bits per heavy atom. The van der Waals surface area contributed by atoms with E-state index < -0.39 is 21.9 Å². The zero-order valence-corrected chi connectivity index (χ0v) is 21.6. The van der Waals surface area contributed by atoms with Crippen LogP contribution >= 0.6 is 11.3 Å². The fourth-order valence-corrected chi connectivity index (χ4v) is 6.44. The summed E-state index contributed by atoms with van der Waals surface area (Å²) in [5.41, 5.74) is 2.27. The molecular weight excluding hydrogens is 518 g/mol. The normalized spacial score (nSPS) is 13.3. The molecule has 0 radical (unpaired) electrons. The van der Waals surface area contributed by atoms with E-state index in [0.717, 1.165) is 22.5 Å². The highest BCUT2D eigenvalue weighted by molar-refractivity contribution is 7.88. The fourth-order valence-electron chi connectivity index (χ4n) is 4.05. The molecule has 2 aromatic carbocycles. The molecule has 37 heavy (non-hydrogen) atoms. The van der Waals surface area contributed by atoms with E-state index in [1.54, 1.807) is 18.6 Å². The number of rotatable bonds is 8. The lowest BCUT2D eigenvalue weighted by atomic mass is 10.0. The van der Waals surface area contributed by atoms with Gasteiger partial charge in [0.05, 0.1) is 47.7 Å². The van der Waals surface area contributed by atoms with E-state index >= 15 is 0 Å². The van der Waals surface area contributed by atoms with E-state index in [-0.39, 0.29) is 34.0 Å². The molecule has 192 valence electrons. The average molecular weight is 542 g/mol. The lowest BCUT2D eigenvalue weighted by Crippen LogP contribution is -2.36. The third kappa shape index (κ3) is 5.59. The van der Waals surface area contributed by atoms with Gasteiger partial charge >= 0.3 is 5.97 Å². The number of aromatic carboxylic acids is 1. The molecule has 4 rings (SSSR count). The third-order valence-corrected chi connectivity index (χ3v) is 8.70. The van der Waals surface area contributed by atoms with Crippen LogP contribution in [0.1, 0.15) is 42.3 Å². The van der Waals surface area contributed by atoms with E-state index in [4.69, 9.17) is 14.7 Å². The summed E-state index contributed by atoms with van der Waals surface area (Å²) in [5, 5.41) is 22.5. The van der Waals surface area contributed by atoms with Crippen LogP contribution in [0.3, 0.4) is 0 Å². The smallest absolute Gasteiger partial charge is 0.337 e. The molecule has 2 N–H and O–H groups in total. The molecule has 12 heteroatoms. The fraction of sp³-hybridized carbons (Fsp3) is 0.240. The van der Waals surface area contributed by atoms with Crippen LogP contribution in [0.15, 0.2) is 41.8 Å². The number of hydrogen-bond donors (Lipinski definition) is 2. The second-order valence-corrected chi connectivity index (χ2v) is 11.1. The molecule has 0 saturated carbocycles. The van der Waals surface area contributed by atoms with Crippen molar-refractivity contribution in [2.45, 2.75) is 18.7 Å². The van der Waals surface area contributed by atoms with E-state index in [0.29, 0.717) is 30.0 Å². The van der Waals surface area contributed by atoms with Gasteiger partial charge in [-0.3, -0.25) is 4.79 Å². The van der Waals surface area contributed by atoms with Crippen LogP contribution in [0, 0.1) is 11.3 Å². The summed E-state index contributed by atoms with van der Waals surface area (Å²) in [6.45, 7) is 0.519. The second kappa shape index (κ2) is 10.6. The molecule has 0 fully saturated rings. The van der Waals surface area contributed by atoms with Crippen LogP contribution in [0.5, 0.6) is 11.5 Å². The van der Waals surface area contributed by atoms with Gasteiger partial charge in [-0.05, 0) is 64.9 Å². The van der Waals surface area contributed by atoms with Gasteiger partial charge in [0.15, 0.2) is 11.5 Å². The predicted octanol–water partition coefficient (Wildman–Crippen LogP) is 3.48. The van der Waals surface area contributed by atoms with Crippen molar-refractivity contribution < 1.29 is 32.6 Å². The highest BCUT2D eigenvalue weighted by Crippen LogP contribution is 2.34. The van der Waals surface area contributed by atoms with E-state index in [9.17, 15) is 23.1 Å². The number of nitriles is 1. The molecule has 1 aliphatic heterocycles. The first kappa shape index (κ1) is 26.2. The maximum absolute atomic E-state index is 13.2. The molecule has 2 heterocycles. The van der Waals surface area contributed by atoms with E-state index in [1.807, 2.05) is 12.1 Å². The summed E-state index contributed by atoms with van der Waals surface area (Å²) >= 11 is 1.06. The maximum Gasteiger partial charge on any atom is 0.337 e. The second-order valence-electron chi connectivity index (χ2n) is 8.27. The van der Waals surface area contributed by atoms with Crippen molar-refractivity contribution in [3.05, 3.63) is 74.5 Å². The van der Waals surface area contributed by atoms with Crippen LogP contribution in [0.2, 0.25) is 0 Å². The molecule has 1 aliphatic rings. The molecule has 3 aromatic rings. The quantitative estimate of drug-likeness (QED) is 0.441. The van der Waals surface area contributed by atoms with Gasteiger partial charge in [0, 0.05) is 13.1 Å². The lowest BCUT2D eigenvalue weighted by molar-refractivity contribution is 0.0698. The molecule has 10 nitrogen and oxygen atoms in total. The number of amides is 1. The van der Waals surface area contributed by atoms with Crippen LogP contribution in [0.4, 0.5) is 5.69 Å². The molecule has 0 saturated heterocycles. The Kier molecular flexibility index (Phi) is 7.49. The standard InChI is InChI=1S/C25H23N3O7S2/c1-34-21-9-17-5-6-28(12-18(17)10-22(21)35-2)37(32,33)14-16-8-23(36-13-16)24(29)27-20-4-3-15(11-26)7-19(20)25(30)31/h3-4,7-10,13H,5-6,12,14H2,1-2H3,(H,27,29)(H,30,31). The highest BCUT2D eigenvalue weighted by atomic mass is 32.2. The number of thiophene rings is 1. The first-order chi connectivity index (χ1) is 17.6. The van der Waals surface area contributed by atoms with Crippen molar-refractivity contribution in [2.75, 3.05) is 26.1 Å². The minimum atomic E-state index is -3.68. The summed E-state index contributed by atoms with van der Waals surface area (Å²) in [6, 6.07) is 10.9. The summed E-state index contributed by atoms with van der Waals surface area (Å²) in [7, 11) is -0.610. The zero-order chi connectivity index (χ0) is 26.7. The lowest BCUT2D eigenvalue weighted by Gasteiger charge is -2.28. The van der Waals surface area contributed by atoms with Crippen LogP contribution in [-0.2, 0) is 28.7 Å². The van der Waals surface area contributed by atoms with Crippen LogP contribution in [0.25, 0.3) is 0 Å². The van der Waals surface area contributed by atoms with Crippen LogP contribution < -0.4 is 14.8 Å². The number of fused-ring (bicyclic) bond motifs is 1. The van der Waals surface area contributed by atoms with Gasteiger partial charge in [-0.2, -0.15) is 9.57 Å². The number of nitrogens with one attached hydrogen (secondary N) is 1. The number of sulfonamides is 1.